The minimum Gasteiger partial charge on any atom is -0.379 e. The van der Waals surface area contributed by atoms with Gasteiger partial charge in [0.1, 0.15) is 6.04 Å². The largest absolute Gasteiger partial charge is 0.379 e. The molecule has 0 unspecified atom stereocenters. The van der Waals surface area contributed by atoms with Gasteiger partial charge in [0.05, 0.1) is 11.0 Å². The molecule has 7 heteroatoms. The van der Waals surface area contributed by atoms with E-state index < -0.39 is 16.1 Å². The highest BCUT2D eigenvalue weighted by Crippen LogP contribution is 2.12. The lowest BCUT2D eigenvalue weighted by Gasteiger charge is -2.19. The van der Waals surface area contributed by atoms with Crippen molar-refractivity contribution in [1.82, 2.24) is 10.0 Å². The van der Waals surface area contributed by atoms with Crippen molar-refractivity contribution in [3.8, 4) is 0 Å². The first-order valence-electron chi connectivity index (χ1n) is 9.80. The molecule has 2 aromatic carbocycles. The SMILES string of the molecule is Cc1ccc(S(=O)(=O)N[C@@H](Cc2ccccc2)C(=O)NCCCOC(C)C)cc1. The van der Waals surface area contributed by atoms with Crippen LogP contribution in [0, 0.1) is 6.92 Å². The van der Waals surface area contributed by atoms with Crippen molar-refractivity contribution >= 4 is 15.9 Å². The summed E-state index contributed by atoms with van der Waals surface area (Å²) in [5, 5.41) is 2.81. The van der Waals surface area contributed by atoms with Crippen molar-refractivity contribution in [1.29, 1.82) is 0 Å². The van der Waals surface area contributed by atoms with Crippen LogP contribution in [0.1, 0.15) is 31.4 Å². The Morgan fingerprint density at radius 2 is 1.69 bits per heavy atom. The Labute approximate surface area is 173 Å². The van der Waals surface area contributed by atoms with E-state index in [1.165, 1.54) is 0 Å². The summed E-state index contributed by atoms with van der Waals surface area (Å²) in [4.78, 5) is 12.9. The molecule has 0 bridgehead atoms. The Hall–Kier alpha value is -2.22. The molecule has 2 N–H and O–H groups in total. The Kier molecular flexibility index (Phi) is 8.82. The van der Waals surface area contributed by atoms with E-state index in [0.29, 0.717) is 19.6 Å². The monoisotopic (exact) mass is 418 g/mol. The van der Waals surface area contributed by atoms with Crippen LogP contribution in [-0.2, 0) is 26.0 Å². The molecule has 1 atom stereocenters. The number of amides is 1. The van der Waals surface area contributed by atoms with Gasteiger partial charge in [-0.1, -0.05) is 48.0 Å². The van der Waals surface area contributed by atoms with E-state index in [0.717, 1.165) is 11.1 Å². The highest BCUT2D eigenvalue weighted by Gasteiger charge is 2.25. The van der Waals surface area contributed by atoms with Crippen LogP contribution in [0.15, 0.2) is 59.5 Å². The van der Waals surface area contributed by atoms with Crippen LogP contribution in [0.2, 0.25) is 0 Å². The first kappa shape index (κ1) is 23.1. The normalized spacial score (nSPS) is 12.7. The zero-order valence-electron chi connectivity index (χ0n) is 17.2. The van der Waals surface area contributed by atoms with Gasteiger partial charge in [-0.05, 0) is 51.3 Å². The van der Waals surface area contributed by atoms with Crippen LogP contribution in [0.5, 0.6) is 0 Å². The summed E-state index contributed by atoms with van der Waals surface area (Å²) in [7, 11) is -3.82. The summed E-state index contributed by atoms with van der Waals surface area (Å²) in [6.07, 6.45) is 1.06. The van der Waals surface area contributed by atoms with Crippen LogP contribution in [0.4, 0.5) is 0 Å². The first-order valence-corrected chi connectivity index (χ1v) is 11.3. The third kappa shape index (κ3) is 7.97. The Balaban J connectivity index is 2.08. The van der Waals surface area contributed by atoms with E-state index in [-0.39, 0.29) is 23.3 Å². The highest BCUT2D eigenvalue weighted by molar-refractivity contribution is 7.89. The number of carbonyl (C=O) groups excluding carboxylic acids is 1. The van der Waals surface area contributed by atoms with Gasteiger partial charge in [0.25, 0.3) is 0 Å². The second-order valence-electron chi connectivity index (χ2n) is 7.24. The smallest absolute Gasteiger partial charge is 0.241 e. The molecule has 0 aromatic heterocycles. The fraction of sp³-hybridized carbons (Fsp3) is 0.409. The predicted molar refractivity (Wildman–Crippen MR) is 114 cm³/mol. The maximum Gasteiger partial charge on any atom is 0.241 e. The summed E-state index contributed by atoms with van der Waals surface area (Å²) in [6.45, 7) is 6.75. The van der Waals surface area contributed by atoms with Crippen molar-refractivity contribution < 1.29 is 17.9 Å². The summed E-state index contributed by atoms with van der Waals surface area (Å²) >= 11 is 0. The zero-order valence-corrected chi connectivity index (χ0v) is 18.0. The number of sulfonamides is 1. The van der Waals surface area contributed by atoms with Gasteiger partial charge in [-0.2, -0.15) is 4.72 Å². The molecule has 6 nitrogen and oxygen atoms in total. The molecule has 0 saturated carbocycles. The lowest BCUT2D eigenvalue weighted by Crippen LogP contribution is -2.48. The quantitative estimate of drug-likeness (QED) is 0.550. The van der Waals surface area contributed by atoms with Crippen LogP contribution in [-0.4, -0.2) is 39.6 Å². The molecule has 0 spiro atoms. The van der Waals surface area contributed by atoms with Gasteiger partial charge in [-0.25, -0.2) is 8.42 Å². The molecule has 29 heavy (non-hydrogen) atoms. The van der Waals surface area contributed by atoms with Gasteiger partial charge >= 0.3 is 0 Å². The second kappa shape index (κ2) is 11.1. The molecule has 0 aliphatic heterocycles. The number of nitrogens with one attached hydrogen (secondary N) is 2. The Morgan fingerprint density at radius 3 is 2.31 bits per heavy atom. The molecule has 0 saturated heterocycles. The minimum atomic E-state index is -3.82. The molecule has 0 radical (unpaired) electrons. The van der Waals surface area contributed by atoms with Gasteiger partial charge in [0.15, 0.2) is 0 Å². The van der Waals surface area contributed by atoms with Gasteiger partial charge < -0.3 is 10.1 Å². The van der Waals surface area contributed by atoms with Gasteiger partial charge in [0, 0.05) is 13.2 Å². The fourth-order valence-corrected chi connectivity index (χ4v) is 3.93. The molecule has 1 amide bonds. The lowest BCUT2D eigenvalue weighted by molar-refractivity contribution is -0.122. The molecule has 158 valence electrons. The van der Waals surface area contributed by atoms with Crippen LogP contribution in [0.3, 0.4) is 0 Å². The standard InChI is InChI=1S/C22H30N2O4S/c1-17(2)28-15-7-14-23-22(25)21(16-19-8-5-4-6-9-19)24-29(26,27)20-12-10-18(3)11-13-20/h4-6,8-13,17,21,24H,7,14-16H2,1-3H3,(H,23,25)/t21-/m0/s1. The number of hydrogen-bond donors (Lipinski definition) is 2. The molecular formula is C22H30N2O4S. The lowest BCUT2D eigenvalue weighted by atomic mass is 10.1. The van der Waals surface area contributed by atoms with Crippen LogP contribution < -0.4 is 10.0 Å². The van der Waals surface area contributed by atoms with Crippen molar-refractivity contribution in [2.75, 3.05) is 13.2 Å². The van der Waals surface area contributed by atoms with E-state index >= 15 is 0 Å². The van der Waals surface area contributed by atoms with Crippen LogP contribution >= 0.6 is 0 Å². The highest BCUT2D eigenvalue weighted by atomic mass is 32.2. The zero-order chi connectivity index (χ0) is 21.3. The molecule has 0 aliphatic rings. The average Bonchev–Trinajstić information content (AvgIpc) is 2.68. The second-order valence-corrected chi connectivity index (χ2v) is 8.95. The average molecular weight is 419 g/mol. The predicted octanol–water partition coefficient (Wildman–Crippen LogP) is 2.82. The number of ether oxygens (including phenoxy) is 1. The molecule has 0 aliphatic carbocycles. The maximum atomic E-state index is 12.8. The van der Waals surface area contributed by atoms with Crippen LogP contribution in [0.25, 0.3) is 0 Å². The number of hydrogen-bond acceptors (Lipinski definition) is 4. The number of benzene rings is 2. The number of rotatable bonds is 11. The van der Waals surface area contributed by atoms with E-state index in [9.17, 15) is 13.2 Å². The maximum absolute atomic E-state index is 12.8. The van der Waals surface area contributed by atoms with Crippen molar-refractivity contribution in [2.24, 2.45) is 0 Å². The number of carbonyl (C=O) groups is 1. The van der Waals surface area contributed by atoms with Gasteiger partial charge in [-0.3, -0.25) is 4.79 Å². The van der Waals surface area contributed by atoms with Gasteiger partial charge in [0.2, 0.25) is 15.9 Å². The van der Waals surface area contributed by atoms with Crippen molar-refractivity contribution in [2.45, 2.75) is 50.7 Å². The van der Waals surface area contributed by atoms with E-state index in [2.05, 4.69) is 10.0 Å². The third-order valence-electron chi connectivity index (χ3n) is 4.30. The Bertz CT molecular complexity index is 865. The summed E-state index contributed by atoms with van der Waals surface area (Å²) in [6, 6.07) is 15.0. The number of aryl methyl sites for hydroxylation is 1. The first-order chi connectivity index (χ1) is 13.8. The van der Waals surface area contributed by atoms with E-state index in [1.807, 2.05) is 51.1 Å². The molecule has 2 rings (SSSR count). The fourth-order valence-electron chi connectivity index (χ4n) is 2.74. The van der Waals surface area contributed by atoms with Crippen molar-refractivity contribution in [3.63, 3.8) is 0 Å². The summed E-state index contributed by atoms with van der Waals surface area (Å²) in [5.41, 5.74) is 1.84. The van der Waals surface area contributed by atoms with Crippen molar-refractivity contribution in [3.05, 3.63) is 65.7 Å². The Morgan fingerprint density at radius 1 is 1.03 bits per heavy atom. The van der Waals surface area contributed by atoms with E-state index in [1.54, 1.807) is 24.3 Å². The topological polar surface area (TPSA) is 84.5 Å². The molecule has 0 fully saturated rings. The summed E-state index contributed by atoms with van der Waals surface area (Å²) in [5.74, 6) is -0.353. The third-order valence-corrected chi connectivity index (χ3v) is 5.79. The summed E-state index contributed by atoms with van der Waals surface area (Å²) < 4.78 is 33.6. The minimum absolute atomic E-state index is 0.137. The van der Waals surface area contributed by atoms with E-state index in [4.69, 9.17) is 4.74 Å². The van der Waals surface area contributed by atoms with Gasteiger partial charge in [-0.15, -0.1) is 0 Å². The molecule has 0 heterocycles. The molecular weight excluding hydrogens is 388 g/mol. The molecule has 2 aromatic rings.